The Morgan fingerprint density at radius 3 is 1.51 bits per heavy atom. The van der Waals surface area contributed by atoms with Gasteiger partial charge in [0.1, 0.15) is 5.65 Å². The Kier molecular flexibility index (Phi) is 7.37. The third-order valence-electron chi connectivity index (χ3n) is 7.59. The van der Waals surface area contributed by atoms with Gasteiger partial charge in [-0.05, 0) is 27.1 Å². The van der Waals surface area contributed by atoms with Crippen LogP contribution in [0.15, 0.2) is 97.1 Å². The fraction of sp³-hybridized carbons (Fsp3) is 0. The van der Waals surface area contributed by atoms with Gasteiger partial charge in [-0.25, -0.2) is 4.98 Å². The zero-order valence-corrected chi connectivity index (χ0v) is 26.6. The van der Waals surface area contributed by atoms with Gasteiger partial charge in [-0.15, -0.1) is 0 Å². The topological polar surface area (TPSA) is 117 Å². The van der Waals surface area contributed by atoms with Crippen LogP contribution in [0, 0.1) is 0 Å². The van der Waals surface area contributed by atoms with E-state index in [1.54, 1.807) is 0 Å². The Balaban J connectivity index is 0.00000110. The fourth-order valence-electron chi connectivity index (χ4n) is 5.73. The number of benzene rings is 4. The summed E-state index contributed by atoms with van der Waals surface area (Å²) in [7, 11) is 0. The smallest absolute Gasteiger partial charge is 1.00 e. The average Bonchev–Trinajstić information content (AvgIpc) is 3.73. The van der Waals surface area contributed by atoms with Crippen molar-refractivity contribution in [3.63, 3.8) is 0 Å². The van der Waals surface area contributed by atoms with Crippen molar-refractivity contribution in [3.05, 3.63) is 97.1 Å². The van der Waals surface area contributed by atoms with Gasteiger partial charge in [0.15, 0.2) is 0 Å². The zero-order valence-electron chi connectivity index (χ0n) is 22.3. The number of hydrogen-bond acceptors (Lipinski definition) is 2. The Labute approximate surface area is 273 Å². The van der Waals surface area contributed by atoms with E-state index in [9.17, 15) is 0 Å². The van der Waals surface area contributed by atoms with E-state index in [0.717, 1.165) is 77.3 Å². The maximum absolute atomic E-state index is 5.04. The van der Waals surface area contributed by atoms with Gasteiger partial charge in [0.25, 0.3) is 0 Å². The maximum Gasteiger partial charge on any atom is 4.00 e. The molecule has 4 aromatic carbocycles. The number of rotatable bonds is 0. The fourth-order valence-corrected chi connectivity index (χ4v) is 5.73. The van der Waals surface area contributed by atoms with Gasteiger partial charge < -0.3 is 59.7 Å². The van der Waals surface area contributed by atoms with Gasteiger partial charge in [0, 0.05) is 44.7 Å². The molecule has 1 aliphatic rings. The molecule has 0 atom stereocenters. The first-order chi connectivity index (χ1) is 19.8. The minimum absolute atomic E-state index is 0. The molecule has 0 spiro atoms. The molecule has 0 fully saturated rings. The minimum Gasteiger partial charge on any atom is -1.00 e. The molecular formula is C32H20Cl2N8Sn. The first-order valence-electron chi connectivity index (χ1n) is 13.1. The molecule has 8 aromatic rings. The van der Waals surface area contributed by atoms with E-state index in [2.05, 4.69) is 56.3 Å². The predicted molar refractivity (Wildman–Crippen MR) is 165 cm³/mol. The van der Waals surface area contributed by atoms with Crippen LogP contribution in [-0.4, -0.2) is 53.8 Å². The van der Waals surface area contributed by atoms with Crippen molar-refractivity contribution in [1.29, 1.82) is 0 Å². The number of aromatic amines is 4. The largest absolute Gasteiger partial charge is 4.00 e. The molecule has 9 rings (SSSR count). The summed E-state index contributed by atoms with van der Waals surface area (Å²) in [6.07, 6.45) is 0. The average molecular weight is 706 g/mol. The summed E-state index contributed by atoms with van der Waals surface area (Å²) in [5, 5.41) is 6.06. The van der Waals surface area contributed by atoms with E-state index in [1.807, 2.05) is 60.7 Å². The Morgan fingerprint density at radius 2 is 0.884 bits per heavy atom. The van der Waals surface area contributed by atoms with Crippen LogP contribution in [0.4, 0.5) is 0 Å². The Bertz CT molecular complexity index is 2310. The molecule has 5 heterocycles. The summed E-state index contributed by atoms with van der Waals surface area (Å²) in [5.74, 6) is 1.24. The molecule has 0 unspecified atom stereocenters. The van der Waals surface area contributed by atoms with Crippen LogP contribution >= 0.6 is 0 Å². The zero-order chi connectivity index (χ0) is 26.2. The van der Waals surface area contributed by atoms with Crippen LogP contribution in [0.3, 0.4) is 0 Å². The molecular weight excluding hydrogens is 686 g/mol. The number of nitrogens with one attached hydrogen (secondary N) is 4. The molecule has 0 amide bonds. The summed E-state index contributed by atoms with van der Waals surface area (Å²) >= 11 is 0. The molecule has 206 valence electrons. The van der Waals surface area contributed by atoms with E-state index in [4.69, 9.17) is 19.9 Å². The summed E-state index contributed by atoms with van der Waals surface area (Å²) in [4.78, 5) is 34.2. The second kappa shape index (κ2) is 11.0. The molecule has 4 aromatic heterocycles. The van der Waals surface area contributed by atoms with Crippen molar-refractivity contribution < 1.29 is 24.8 Å². The van der Waals surface area contributed by atoms with Crippen LogP contribution < -0.4 is 34.8 Å². The molecule has 0 saturated carbocycles. The van der Waals surface area contributed by atoms with Crippen LogP contribution in [-0.2, 0) is 0 Å². The van der Waals surface area contributed by atoms with Crippen molar-refractivity contribution in [2.45, 2.75) is 0 Å². The number of aromatic nitrogens is 8. The van der Waals surface area contributed by atoms with Gasteiger partial charge in [-0.1, -0.05) is 97.1 Å². The van der Waals surface area contributed by atoms with Gasteiger partial charge >= 0.3 is 23.9 Å². The number of halogens is 2. The monoisotopic (exact) mass is 706 g/mol. The molecule has 0 saturated heterocycles. The van der Waals surface area contributed by atoms with Crippen molar-refractivity contribution in [3.8, 4) is 22.8 Å². The quantitative estimate of drug-likeness (QED) is 0.174. The predicted octanol–water partition coefficient (Wildman–Crippen LogP) is 0.708. The molecule has 1 aliphatic heterocycles. The second-order valence-electron chi connectivity index (χ2n) is 9.92. The third kappa shape index (κ3) is 4.45. The van der Waals surface area contributed by atoms with E-state index in [0.29, 0.717) is 11.6 Å². The van der Waals surface area contributed by atoms with Gasteiger partial charge in [-0.2, -0.15) is 0 Å². The summed E-state index contributed by atoms with van der Waals surface area (Å²) in [6.45, 7) is 0. The molecule has 11 heteroatoms. The second-order valence-corrected chi connectivity index (χ2v) is 9.92. The molecule has 43 heavy (non-hydrogen) atoms. The first kappa shape index (κ1) is 28.7. The van der Waals surface area contributed by atoms with Crippen LogP contribution in [0.2, 0.25) is 0 Å². The van der Waals surface area contributed by atoms with E-state index >= 15 is 0 Å². The standard InChI is InChI=1S/C32H20N8.2ClH.Sn/c1-2-10-18-17(9-1)25-33-26(18)38-28-21-13-5-6-14-22(21)30(35-28)40-32-24-16-8-7-15-23(24)31(36-32)39-29-20-12-4-3-11-19(20)27(34-29)37-25;;;/h1-16,33,36-37,39H;2*1H;/q-2;;;+4/p-2. The SMILES string of the molecule is [Cl-].[Cl-].[Sn+4].c1ccc2c(c1)-c1nc-2[n-]c2[nH]c([nH]c3[n-]c([nH]c4[nH]c(n1)c1ccccc41)c1ccccc31)c1ccccc21. The minimum atomic E-state index is 0. The van der Waals surface area contributed by atoms with Crippen molar-refractivity contribution in [2.24, 2.45) is 0 Å². The summed E-state index contributed by atoms with van der Waals surface area (Å²) in [6, 6.07) is 32.7. The van der Waals surface area contributed by atoms with Crippen LogP contribution in [0.5, 0.6) is 0 Å². The number of H-pyrrole nitrogens is 4. The third-order valence-corrected chi connectivity index (χ3v) is 7.59. The van der Waals surface area contributed by atoms with Crippen molar-refractivity contribution in [2.75, 3.05) is 0 Å². The normalized spacial score (nSPS) is 11.2. The van der Waals surface area contributed by atoms with E-state index in [1.165, 1.54) is 0 Å². The number of hydrogen-bond donors (Lipinski definition) is 4. The van der Waals surface area contributed by atoms with Crippen molar-refractivity contribution in [1.82, 2.24) is 39.9 Å². The van der Waals surface area contributed by atoms with Gasteiger partial charge in [-0.3, -0.25) is 0 Å². The van der Waals surface area contributed by atoms with E-state index in [-0.39, 0.29) is 48.7 Å². The summed E-state index contributed by atoms with van der Waals surface area (Å²) in [5.41, 5.74) is 6.49. The van der Waals surface area contributed by atoms with E-state index < -0.39 is 0 Å². The van der Waals surface area contributed by atoms with Gasteiger partial charge in [0.05, 0.1) is 11.5 Å². The Morgan fingerprint density at radius 1 is 0.442 bits per heavy atom. The molecule has 4 N–H and O–H groups in total. The van der Waals surface area contributed by atoms with Crippen LogP contribution in [0.25, 0.3) is 89.0 Å². The molecule has 0 radical (unpaired) electrons. The van der Waals surface area contributed by atoms with Crippen LogP contribution in [0.1, 0.15) is 0 Å². The molecule has 0 aliphatic carbocycles. The van der Waals surface area contributed by atoms with Crippen molar-refractivity contribution >= 4 is 90.1 Å². The summed E-state index contributed by atoms with van der Waals surface area (Å²) < 4.78 is 0. The van der Waals surface area contributed by atoms with Gasteiger partial charge in [0.2, 0.25) is 0 Å². The number of nitrogens with zero attached hydrogens (tertiary/aromatic N) is 4. The maximum atomic E-state index is 5.04. The molecule has 8 nitrogen and oxygen atoms in total. The number of fused-ring (bicyclic) bond motifs is 20. The Hall–Kier alpha value is -4.38. The first-order valence-corrected chi connectivity index (χ1v) is 13.1. The molecule has 8 bridgehead atoms.